The van der Waals surface area contributed by atoms with Crippen LogP contribution in [0, 0.1) is 0 Å². The highest BCUT2D eigenvalue weighted by Crippen LogP contribution is 2.09. The van der Waals surface area contributed by atoms with Crippen LogP contribution in [0.3, 0.4) is 0 Å². The van der Waals surface area contributed by atoms with E-state index in [1.807, 2.05) is 6.07 Å². The fraction of sp³-hybridized carbons (Fsp3) is 0.0625. The summed E-state index contributed by atoms with van der Waals surface area (Å²) in [7, 11) is 0. The van der Waals surface area contributed by atoms with E-state index in [1.165, 1.54) is 12.1 Å². The van der Waals surface area contributed by atoms with Crippen LogP contribution in [0.2, 0.25) is 5.02 Å². The van der Waals surface area contributed by atoms with Crippen LogP contribution in [0.4, 0.5) is 0 Å². The monoisotopic (exact) mass is 316 g/mol. The van der Waals surface area contributed by atoms with Crippen molar-refractivity contribution in [1.29, 1.82) is 0 Å². The van der Waals surface area contributed by atoms with Gasteiger partial charge in [-0.3, -0.25) is 4.79 Å². The first-order valence-corrected chi connectivity index (χ1v) is 6.84. The highest BCUT2D eigenvalue weighted by atomic mass is 35.5. The summed E-state index contributed by atoms with van der Waals surface area (Å²) in [6.07, 6.45) is 0.122. The van der Waals surface area contributed by atoms with Crippen molar-refractivity contribution in [1.82, 2.24) is 5.43 Å². The van der Waals surface area contributed by atoms with Crippen molar-refractivity contribution >= 4 is 29.2 Å². The second-order valence-corrected chi connectivity index (χ2v) is 4.91. The van der Waals surface area contributed by atoms with Crippen molar-refractivity contribution in [3.8, 4) is 0 Å². The lowest BCUT2D eigenvalue weighted by Crippen LogP contribution is -2.24. The Balaban J connectivity index is 2.08. The summed E-state index contributed by atoms with van der Waals surface area (Å²) in [4.78, 5) is 23.1. The van der Waals surface area contributed by atoms with Gasteiger partial charge in [-0.15, -0.1) is 0 Å². The molecular weight excluding hydrogens is 304 g/mol. The molecule has 0 unspecified atom stereocenters. The van der Waals surface area contributed by atoms with Gasteiger partial charge in [-0.1, -0.05) is 41.9 Å². The molecule has 0 fully saturated rings. The molecule has 0 saturated carbocycles. The van der Waals surface area contributed by atoms with Gasteiger partial charge in [0.05, 0.1) is 0 Å². The normalized spacial score (nSPS) is 11.0. The van der Waals surface area contributed by atoms with Crippen molar-refractivity contribution in [2.24, 2.45) is 5.10 Å². The summed E-state index contributed by atoms with van der Waals surface area (Å²) in [6.45, 7) is 0. The molecule has 22 heavy (non-hydrogen) atoms. The van der Waals surface area contributed by atoms with Crippen LogP contribution < -0.4 is 5.43 Å². The first kappa shape index (κ1) is 15.7. The molecule has 0 aliphatic carbocycles. The average molecular weight is 317 g/mol. The fourth-order valence-electron chi connectivity index (χ4n) is 1.74. The summed E-state index contributed by atoms with van der Waals surface area (Å²) in [5.41, 5.74) is 3.24. The Hall–Kier alpha value is -2.66. The Morgan fingerprint density at radius 3 is 2.27 bits per heavy atom. The third-order valence-corrected chi connectivity index (χ3v) is 3.11. The SMILES string of the molecule is O=C(O)C(Cc1ccccc1)=NNC(=O)c1ccc(Cl)cc1. The van der Waals surface area contributed by atoms with Crippen LogP contribution in [0.15, 0.2) is 59.7 Å². The number of carbonyl (C=O) groups excluding carboxylic acids is 1. The van der Waals surface area contributed by atoms with Gasteiger partial charge in [0.2, 0.25) is 0 Å². The summed E-state index contributed by atoms with van der Waals surface area (Å²) < 4.78 is 0. The smallest absolute Gasteiger partial charge is 0.352 e. The number of carboxylic acids is 1. The Labute approximate surface area is 132 Å². The molecule has 0 bridgehead atoms. The third kappa shape index (κ3) is 4.43. The Morgan fingerprint density at radius 1 is 1.05 bits per heavy atom. The number of nitrogens with one attached hydrogen (secondary N) is 1. The molecule has 0 atom stereocenters. The quantitative estimate of drug-likeness (QED) is 0.657. The highest BCUT2D eigenvalue weighted by molar-refractivity contribution is 6.36. The van der Waals surface area contributed by atoms with Gasteiger partial charge in [0.15, 0.2) is 0 Å². The number of hydrazone groups is 1. The molecule has 1 amide bonds. The number of halogens is 1. The molecule has 0 radical (unpaired) electrons. The van der Waals surface area contributed by atoms with E-state index in [2.05, 4.69) is 10.5 Å². The Bertz CT molecular complexity index is 697. The lowest BCUT2D eigenvalue weighted by atomic mass is 10.1. The number of aliphatic carboxylic acids is 1. The van der Waals surface area contributed by atoms with Crippen molar-refractivity contribution < 1.29 is 14.7 Å². The fourth-order valence-corrected chi connectivity index (χ4v) is 1.86. The predicted octanol–water partition coefficient (Wildman–Crippen LogP) is 2.75. The first-order chi connectivity index (χ1) is 10.6. The molecule has 0 spiro atoms. The molecule has 0 aromatic heterocycles. The zero-order chi connectivity index (χ0) is 15.9. The van der Waals surface area contributed by atoms with Crippen LogP contribution in [-0.2, 0) is 11.2 Å². The largest absolute Gasteiger partial charge is 0.477 e. The number of hydrogen-bond donors (Lipinski definition) is 2. The number of nitrogens with zero attached hydrogens (tertiary/aromatic N) is 1. The molecule has 2 aromatic carbocycles. The van der Waals surface area contributed by atoms with E-state index in [0.29, 0.717) is 10.6 Å². The molecule has 112 valence electrons. The minimum Gasteiger partial charge on any atom is -0.477 e. The lowest BCUT2D eigenvalue weighted by molar-refractivity contribution is -0.129. The van der Waals surface area contributed by atoms with E-state index < -0.39 is 11.9 Å². The molecule has 0 saturated heterocycles. The molecule has 6 heteroatoms. The van der Waals surface area contributed by atoms with Crippen molar-refractivity contribution in [2.75, 3.05) is 0 Å². The van der Waals surface area contributed by atoms with Crippen LogP contribution in [0.1, 0.15) is 15.9 Å². The van der Waals surface area contributed by atoms with E-state index >= 15 is 0 Å². The zero-order valence-electron chi connectivity index (χ0n) is 11.5. The zero-order valence-corrected chi connectivity index (χ0v) is 12.2. The number of carbonyl (C=O) groups is 2. The maximum atomic E-state index is 11.9. The van der Waals surface area contributed by atoms with Gasteiger partial charge in [-0.05, 0) is 29.8 Å². The molecule has 0 aliphatic rings. The molecule has 0 heterocycles. The number of rotatable bonds is 5. The number of hydrogen-bond acceptors (Lipinski definition) is 3. The minimum atomic E-state index is -1.18. The van der Waals surface area contributed by atoms with E-state index in [9.17, 15) is 9.59 Å². The topological polar surface area (TPSA) is 78.8 Å². The molecule has 2 N–H and O–H groups in total. The van der Waals surface area contributed by atoms with Gasteiger partial charge in [-0.25, -0.2) is 10.2 Å². The van der Waals surface area contributed by atoms with E-state index in [0.717, 1.165) is 5.56 Å². The van der Waals surface area contributed by atoms with Crippen LogP contribution in [-0.4, -0.2) is 22.7 Å². The van der Waals surface area contributed by atoms with Crippen LogP contribution in [0.5, 0.6) is 0 Å². The lowest BCUT2D eigenvalue weighted by Gasteiger charge is -2.04. The average Bonchev–Trinajstić information content (AvgIpc) is 2.52. The number of carboxylic acid groups (broad SMARTS) is 1. The van der Waals surface area contributed by atoms with Gasteiger partial charge >= 0.3 is 5.97 Å². The Kier molecular flexibility index (Phi) is 5.27. The molecule has 5 nitrogen and oxygen atoms in total. The highest BCUT2D eigenvalue weighted by Gasteiger charge is 2.12. The molecule has 0 aliphatic heterocycles. The van der Waals surface area contributed by atoms with E-state index in [1.54, 1.807) is 36.4 Å². The van der Waals surface area contributed by atoms with E-state index in [-0.39, 0.29) is 12.1 Å². The van der Waals surface area contributed by atoms with Gasteiger partial charge in [0.1, 0.15) is 5.71 Å². The van der Waals surface area contributed by atoms with Crippen LogP contribution >= 0.6 is 11.6 Å². The summed E-state index contributed by atoms with van der Waals surface area (Å²) in [6, 6.07) is 15.2. The number of amides is 1. The number of benzene rings is 2. The maximum Gasteiger partial charge on any atom is 0.352 e. The first-order valence-electron chi connectivity index (χ1n) is 6.46. The maximum absolute atomic E-state index is 11.9. The third-order valence-electron chi connectivity index (χ3n) is 2.86. The standard InChI is InChI=1S/C16H13ClN2O3/c17-13-8-6-12(7-9-13)15(20)19-18-14(16(21)22)10-11-4-2-1-3-5-11/h1-9H,10H2,(H,19,20)(H,21,22). The Morgan fingerprint density at radius 2 is 1.68 bits per heavy atom. The van der Waals surface area contributed by atoms with Gasteiger partial charge < -0.3 is 5.11 Å². The van der Waals surface area contributed by atoms with Crippen LogP contribution in [0.25, 0.3) is 0 Å². The van der Waals surface area contributed by atoms with Gasteiger partial charge in [0.25, 0.3) is 5.91 Å². The summed E-state index contributed by atoms with van der Waals surface area (Å²) in [5.74, 6) is -1.68. The van der Waals surface area contributed by atoms with Crippen molar-refractivity contribution in [3.63, 3.8) is 0 Å². The second kappa shape index (κ2) is 7.38. The minimum absolute atomic E-state index is 0.122. The summed E-state index contributed by atoms with van der Waals surface area (Å²) in [5, 5.41) is 13.4. The summed E-state index contributed by atoms with van der Waals surface area (Å²) >= 11 is 5.74. The van der Waals surface area contributed by atoms with Crippen molar-refractivity contribution in [3.05, 3.63) is 70.7 Å². The van der Waals surface area contributed by atoms with Gasteiger partial charge in [0, 0.05) is 17.0 Å². The van der Waals surface area contributed by atoms with Crippen molar-refractivity contribution in [2.45, 2.75) is 6.42 Å². The predicted molar refractivity (Wildman–Crippen MR) is 84.1 cm³/mol. The van der Waals surface area contributed by atoms with E-state index in [4.69, 9.17) is 16.7 Å². The molecular formula is C16H13ClN2O3. The second-order valence-electron chi connectivity index (χ2n) is 4.47. The molecule has 2 aromatic rings. The molecule has 2 rings (SSSR count). The van der Waals surface area contributed by atoms with Gasteiger partial charge in [-0.2, -0.15) is 5.10 Å².